The van der Waals surface area contributed by atoms with E-state index in [4.69, 9.17) is 9.47 Å². The van der Waals surface area contributed by atoms with E-state index >= 15 is 0 Å². The minimum absolute atomic E-state index is 0.0317. The number of carbonyl (C=O) groups is 1. The third kappa shape index (κ3) is 4.43. The van der Waals surface area contributed by atoms with Gasteiger partial charge in [0.05, 0.1) is 32.7 Å². The lowest BCUT2D eigenvalue weighted by Crippen LogP contribution is -2.28. The lowest BCUT2D eigenvalue weighted by atomic mass is 10.2. The van der Waals surface area contributed by atoms with Crippen molar-refractivity contribution in [2.24, 2.45) is 10.2 Å². The Morgan fingerprint density at radius 2 is 1.65 bits per heavy atom. The SMILES string of the molecule is COc1ccc(/C=N/N=C2/SCC(=O)N2Cc2ccc(OC)cc2)cc1. The molecule has 1 fully saturated rings. The molecule has 1 aliphatic heterocycles. The van der Waals surface area contributed by atoms with Gasteiger partial charge in [-0.05, 0) is 47.5 Å². The van der Waals surface area contributed by atoms with E-state index in [-0.39, 0.29) is 5.91 Å². The first kappa shape index (κ1) is 18.0. The third-order valence-corrected chi connectivity index (χ3v) is 4.77. The Labute approximate surface area is 156 Å². The van der Waals surface area contributed by atoms with Gasteiger partial charge in [-0.15, -0.1) is 5.10 Å². The second-order valence-electron chi connectivity index (χ2n) is 5.52. The van der Waals surface area contributed by atoms with Gasteiger partial charge < -0.3 is 9.47 Å². The minimum Gasteiger partial charge on any atom is -0.497 e. The van der Waals surface area contributed by atoms with E-state index in [0.29, 0.717) is 17.5 Å². The van der Waals surface area contributed by atoms with Gasteiger partial charge in [-0.1, -0.05) is 23.9 Å². The summed E-state index contributed by atoms with van der Waals surface area (Å²) in [4.78, 5) is 13.8. The van der Waals surface area contributed by atoms with Gasteiger partial charge in [0.2, 0.25) is 5.91 Å². The summed E-state index contributed by atoms with van der Waals surface area (Å²) in [7, 11) is 3.25. The fraction of sp³-hybridized carbons (Fsp3) is 0.211. The van der Waals surface area contributed by atoms with Crippen LogP contribution in [0.15, 0.2) is 58.7 Å². The molecule has 3 rings (SSSR count). The second-order valence-corrected chi connectivity index (χ2v) is 6.46. The molecule has 1 heterocycles. The lowest BCUT2D eigenvalue weighted by molar-refractivity contribution is -0.124. The standard InChI is InChI=1S/C19H19N3O3S/c1-24-16-7-3-14(4-8-16)11-20-21-19-22(18(23)13-26-19)12-15-5-9-17(25-2)10-6-15/h3-11H,12-13H2,1-2H3/b20-11+,21-19+. The number of rotatable bonds is 6. The van der Waals surface area contributed by atoms with Crippen LogP contribution in [0, 0.1) is 0 Å². The van der Waals surface area contributed by atoms with Crippen molar-refractivity contribution in [1.29, 1.82) is 0 Å². The average Bonchev–Trinajstić information content (AvgIpc) is 3.03. The number of nitrogens with zero attached hydrogens (tertiary/aromatic N) is 3. The first-order valence-electron chi connectivity index (χ1n) is 8.01. The molecule has 0 spiro atoms. The Bertz CT molecular complexity index is 817. The maximum Gasteiger partial charge on any atom is 0.239 e. The molecule has 2 aromatic carbocycles. The highest BCUT2D eigenvalue weighted by molar-refractivity contribution is 8.15. The molecule has 0 aliphatic carbocycles. The number of thioether (sulfide) groups is 1. The first-order chi connectivity index (χ1) is 12.7. The number of amides is 1. The fourth-order valence-electron chi connectivity index (χ4n) is 2.38. The van der Waals surface area contributed by atoms with E-state index < -0.39 is 0 Å². The number of carbonyl (C=O) groups excluding carboxylic acids is 1. The summed E-state index contributed by atoms with van der Waals surface area (Å²) in [5.41, 5.74) is 1.92. The quantitative estimate of drug-likeness (QED) is 0.580. The van der Waals surface area contributed by atoms with Crippen molar-refractivity contribution in [3.05, 3.63) is 59.7 Å². The van der Waals surface area contributed by atoms with E-state index in [1.165, 1.54) is 11.8 Å². The number of benzene rings is 2. The van der Waals surface area contributed by atoms with Gasteiger partial charge in [0.15, 0.2) is 5.17 Å². The van der Waals surface area contributed by atoms with Crippen molar-refractivity contribution in [3.63, 3.8) is 0 Å². The van der Waals surface area contributed by atoms with Crippen molar-refractivity contribution in [2.75, 3.05) is 20.0 Å². The summed E-state index contributed by atoms with van der Waals surface area (Å²) in [6.45, 7) is 0.465. The Morgan fingerprint density at radius 1 is 1.04 bits per heavy atom. The van der Waals surface area contributed by atoms with Gasteiger partial charge >= 0.3 is 0 Å². The van der Waals surface area contributed by atoms with Crippen molar-refractivity contribution < 1.29 is 14.3 Å². The van der Waals surface area contributed by atoms with Gasteiger partial charge in [0.25, 0.3) is 0 Å². The fourth-order valence-corrected chi connectivity index (χ4v) is 3.21. The van der Waals surface area contributed by atoms with Crippen LogP contribution in [0.1, 0.15) is 11.1 Å². The summed E-state index contributed by atoms with van der Waals surface area (Å²) < 4.78 is 10.3. The maximum atomic E-state index is 12.1. The average molecular weight is 369 g/mol. The van der Waals surface area contributed by atoms with E-state index in [1.807, 2.05) is 48.5 Å². The second kappa shape index (κ2) is 8.53. The highest BCUT2D eigenvalue weighted by Crippen LogP contribution is 2.23. The van der Waals surface area contributed by atoms with Gasteiger partial charge in [0.1, 0.15) is 11.5 Å². The summed E-state index contributed by atoms with van der Waals surface area (Å²) >= 11 is 1.39. The number of methoxy groups -OCH3 is 2. The molecule has 0 aromatic heterocycles. The van der Waals surface area contributed by atoms with Crippen LogP contribution < -0.4 is 9.47 Å². The van der Waals surface area contributed by atoms with E-state index in [1.54, 1.807) is 25.3 Å². The Hall–Kier alpha value is -2.80. The number of hydrogen-bond acceptors (Lipinski definition) is 6. The van der Waals surface area contributed by atoms with Crippen molar-refractivity contribution in [3.8, 4) is 11.5 Å². The molecule has 0 N–H and O–H groups in total. The normalized spacial score (nSPS) is 15.8. The number of ether oxygens (including phenoxy) is 2. The molecule has 0 atom stereocenters. The van der Waals surface area contributed by atoms with E-state index in [9.17, 15) is 4.79 Å². The van der Waals surface area contributed by atoms with E-state index in [0.717, 1.165) is 22.6 Å². The van der Waals surface area contributed by atoms with Crippen LogP contribution in [0.5, 0.6) is 11.5 Å². The predicted molar refractivity (Wildman–Crippen MR) is 104 cm³/mol. The Balaban J connectivity index is 1.69. The van der Waals surface area contributed by atoms with Gasteiger partial charge in [-0.25, -0.2) is 0 Å². The molecule has 6 nitrogen and oxygen atoms in total. The molecule has 26 heavy (non-hydrogen) atoms. The van der Waals surface area contributed by atoms with Gasteiger partial charge in [-0.2, -0.15) is 5.10 Å². The predicted octanol–water partition coefficient (Wildman–Crippen LogP) is 3.17. The highest BCUT2D eigenvalue weighted by Gasteiger charge is 2.28. The van der Waals surface area contributed by atoms with Crippen LogP contribution >= 0.6 is 11.8 Å². The largest absolute Gasteiger partial charge is 0.497 e. The molecule has 1 aliphatic rings. The van der Waals surface area contributed by atoms with Crippen LogP contribution in [-0.2, 0) is 11.3 Å². The molecule has 0 unspecified atom stereocenters. The summed E-state index contributed by atoms with van der Waals surface area (Å²) in [6.07, 6.45) is 1.65. The Kier molecular flexibility index (Phi) is 5.91. The molecule has 1 amide bonds. The van der Waals surface area contributed by atoms with Gasteiger partial charge in [-0.3, -0.25) is 9.69 Å². The van der Waals surface area contributed by atoms with Crippen LogP contribution in [0.25, 0.3) is 0 Å². The summed E-state index contributed by atoms with van der Waals surface area (Å²) in [5, 5.41) is 8.95. The molecule has 1 saturated heterocycles. The third-order valence-electron chi connectivity index (χ3n) is 3.82. The molecule has 0 radical (unpaired) electrons. The highest BCUT2D eigenvalue weighted by atomic mass is 32.2. The zero-order valence-corrected chi connectivity index (χ0v) is 15.4. The zero-order chi connectivity index (χ0) is 18.4. The molecule has 2 aromatic rings. The molecular formula is C19H19N3O3S. The summed E-state index contributed by atoms with van der Waals surface area (Å²) in [6, 6.07) is 15.1. The molecule has 0 saturated carbocycles. The van der Waals surface area contributed by atoms with Crippen molar-refractivity contribution in [1.82, 2.24) is 4.90 Å². The maximum absolute atomic E-state index is 12.1. The van der Waals surface area contributed by atoms with Crippen LogP contribution in [0.4, 0.5) is 0 Å². The molecule has 7 heteroatoms. The minimum atomic E-state index is 0.0317. The topological polar surface area (TPSA) is 63.5 Å². The molecule has 134 valence electrons. The Morgan fingerprint density at radius 3 is 2.27 bits per heavy atom. The smallest absolute Gasteiger partial charge is 0.239 e. The lowest BCUT2D eigenvalue weighted by Gasteiger charge is -2.15. The van der Waals surface area contributed by atoms with E-state index in [2.05, 4.69) is 10.2 Å². The number of amidine groups is 1. The van der Waals surface area contributed by atoms with Crippen LogP contribution in [0.3, 0.4) is 0 Å². The monoisotopic (exact) mass is 369 g/mol. The zero-order valence-electron chi connectivity index (χ0n) is 14.6. The van der Waals surface area contributed by atoms with Crippen molar-refractivity contribution in [2.45, 2.75) is 6.54 Å². The van der Waals surface area contributed by atoms with Crippen LogP contribution in [-0.4, -0.2) is 42.2 Å². The van der Waals surface area contributed by atoms with Crippen molar-refractivity contribution >= 4 is 29.1 Å². The molecular weight excluding hydrogens is 350 g/mol. The first-order valence-corrected chi connectivity index (χ1v) is 8.99. The summed E-state index contributed by atoms with van der Waals surface area (Å²) in [5.74, 6) is 1.99. The number of hydrogen-bond donors (Lipinski definition) is 0. The van der Waals surface area contributed by atoms with Gasteiger partial charge in [0, 0.05) is 0 Å². The van der Waals surface area contributed by atoms with Crippen LogP contribution in [0.2, 0.25) is 0 Å². The molecule has 0 bridgehead atoms.